The minimum absolute atomic E-state index is 0. The quantitative estimate of drug-likeness (QED) is 0.173. The summed E-state index contributed by atoms with van der Waals surface area (Å²) >= 11 is 0. The molecule has 8 heteroatoms. The second kappa shape index (κ2) is 31.0. The van der Waals surface area contributed by atoms with Crippen LogP contribution in [0.5, 0.6) is 0 Å². The summed E-state index contributed by atoms with van der Waals surface area (Å²) in [6.45, 7) is 28.1. The van der Waals surface area contributed by atoms with Crippen LogP contribution in [0.4, 0.5) is 0 Å². The summed E-state index contributed by atoms with van der Waals surface area (Å²) in [7, 11) is -3.40. The molecule has 0 atom stereocenters. The van der Waals surface area contributed by atoms with Gasteiger partial charge < -0.3 is 4.89 Å². The van der Waals surface area contributed by atoms with Crippen molar-refractivity contribution in [1.29, 1.82) is 0 Å². The standard InChI is InChI=1S/C12H11O2P.C10H17.4CO.Mo/c13-15(14,11-7-3-1-4-8-11)12-9-5-2-6-10-12;1-5-10(4)8-6-7-9(2)3;4*1-2;/h1-10H,(H,13,14);5,7H,1,6,8H2,2-4H3;;;;;. The third-order valence-electron chi connectivity index (χ3n) is 3.65. The summed E-state index contributed by atoms with van der Waals surface area (Å²) in [5.74, 6) is 1.37. The van der Waals surface area contributed by atoms with Gasteiger partial charge in [0.15, 0.2) is 0 Å². The summed E-state index contributed by atoms with van der Waals surface area (Å²) in [5.41, 5.74) is 1.40. The van der Waals surface area contributed by atoms with E-state index in [4.69, 9.17) is 18.6 Å². The molecule has 0 heterocycles. The molecule has 0 bridgehead atoms. The van der Waals surface area contributed by atoms with Crippen LogP contribution in [0.2, 0.25) is 0 Å². The van der Waals surface area contributed by atoms with E-state index >= 15 is 0 Å². The molecule has 2 aromatic rings. The number of benzene rings is 2. The van der Waals surface area contributed by atoms with E-state index in [-0.39, 0.29) is 21.1 Å². The number of hydrogen-bond acceptors (Lipinski definition) is 1. The smallest absolute Gasteiger partial charge is 0 e. The molecule has 2 rings (SSSR count). The molecule has 179 valence electrons. The normalized spacial score (nSPS) is 8.18. The Bertz CT molecular complexity index is 787. The first-order chi connectivity index (χ1) is 15.9. The Morgan fingerprint density at radius 2 is 1.15 bits per heavy atom. The first kappa shape index (κ1) is 42.2. The Labute approximate surface area is 218 Å². The average Bonchev–Trinajstić information content (AvgIpc) is 2.90. The van der Waals surface area contributed by atoms with Crippen LogP contribution in [0.15, 0.2) is 72.3 Å². The van der Waals surface area contributed by atoms with Gasteiger partial charge in [0.05, 0.1) is 0 Å². The van der Waals surface area contributed by atoms with Crippen LogP contribution in [0, 0.1) is 45.9 Å². The van der Waals surface area contributed by atoms with Gasteiger partial charge in [-0.2, -0.15) is 0 Å². The molecule has 0 fully saturated rings. The fraction of sp³-hybridized carbons (Fsp3) is 0.192. The van der Waals surface area contributed by atoms with E-state index in [1.165, 1.54) is 11.5 Å². The van der Waals surface area contributed by atoms with Gasteiger partial charge in [0.2, 0.25) is 0 Å². The van der Waals surface area contributed by atoms with Crippen molar-refractivity contribution in [2.24, 2.45) is 0 Å². The van der Waals surface area contributed by atoms with E-state index in [1.54, 1.807) is 48.5 Å². The molecule has 0 aliphatic heterocycles. The maximum atomic E-state index is 12.2. The Morgan fingerprint density at radius 3 is 1.41 bits per heavy atom. The van der Waals surface area contributed by atoms with Crippen molar-refractivity contribution in [3.63, 3.8) is 0 Å². The maximum absolute atomic E-state index is 12.2. The minimum atomic E-state index is -3.40. The van der Waals surface area contributed by atoms with Gasteiger partial charge in [-0.25, -0.2) is 0 Å². The van der Waals surface area contributed by atoms with Crippen molar-refractivity contribution in [2.45, 2.75) is 33.6 Å². The van der Waals surface area contributed by atoms with Crippen molar-refractivity contribution in [3.8, 4) is 0 Å². The molecular formula is C26H28MoO6P. The van der Waals surface area contributed by atoms with Gasteiger partial charge in [0.25, 0.3) is 7.37 Å². The van der Waals surface area contributed by atoms with E-state index < -0.39 is 7.37 Å². The topological polar surface area (TPSA) is 117 Å². The van der Waals surface area contributed by atoms with E-state index in [1.807, 2.05) is 18.6 Å². The molecule has 0 saturated heterocycles. The third-order valence-corrected chi connectivity index (χ3v) is 5.65. The monoisotopic (exact) mass is 565 g/mol. The van der Waals surface area contributed by atoms with Crippen LogP contribution in [0.25, 0.3) is 0 Å². The van der Waals surface area contributed by atoms with Crippen LogP contribution < -0.4 is 10.6 Å². The molecular weight excluding hydrogens is 535 g/mol. The third kappa shape index (κ3) is 21.8. The molecule has 0 spiro atoms. The van der Waals surface area contributed by atoms with Crippen LogP contribution in [0.3, 0.4) is 0 Å². The first-order valence-corrected chi connectivity index (χ1v) is 10.9. The Kier molecular flexibility index (Phi) is 38.5. The number of hydrogen-bond donors (Lipinski definition) is 1. The second-order valence-corrected chi connectivity index (χ2v) is 8.30. The Morgan fingerprint density at radius 1 is 0.824 bits per heavy atom. The molecule has 3 radical (unpaired) electrons. The fourth-order valence-electron chi connectivity index (χ4n) is 2.10. The zero-order chi connectivity index (χ0) is 26.7. The molecule has 0 aliphatic carbocycles. The number of allylic oxidation sites excluding steroid dienone is 2. The molecule has 0 aliphatic rings. The largest absolute Gasteiger partial charge is 0.0859 e. The van der Waals surface area contributed by atoms with Crippen molar-refractivity contribution in [3.05, 3.63) is 118 Å². The van der Waals surface area contributed by atoms with Crippen molar-refractivity contribution in [2.75, 3.05) is 0 Å². The summed E-state index contributed by atoms with van der Waals surface area (Å²) < 4.78 is 42.2. The molecule has 34 heavy (non-hydrogen) atoms. The molecule has 2 aromatic carbocycles. The molecule has 1 N–H and O–H groups in total. The predicted molar refractivity (Wildman–Crippen MR) is 125 cm³/mol. The zero-order valence-corrected chi connectivity index (χ0v) is 22.3. The molecule has 0 unspecified atom stereocenters. The van der Waals surface area contributed by atoms with Crippen LogP contribution >= 0.6 is 7.37 Å². The van der Waals surface area contributed by atoms with E-state index in [2.05, 4.69) is 60.4 Å². The first-order valence-electron chi connectivity index (χ1n) is 9.22. The molecule has 0 saturated carbocycles. The maximum Gasteiger partial charge on any atom is 0 e. The average molecular weight is 563 g/mol. The van der Waals surface area contributed by atoms with Gasteiger partial charge in [0, 0.05) is 31.7 Å². The van der Waals surface area contributed by atoms with Gasteiger partial charge in [-0.1, -0.05) is 55.0 Å². The minimum Gasteiger partial charge on any atom is -0.0859 e. The van der Waals surface area contributed by atoms with E-state index in [0.717, 1.165) is 12.8 Å². The van der Waals surface area contributed by atoms with Gasteiger partial charge in [-0.15, -0.1) is 0 Å². The van der Waals surface area contributed by atoms with Crippen molar-refractivity contribution >= 4 is 18.0 Å². The Hall–Kier alpha value is -1.98. The van der Waals surface area contributed by atoms with Crippen molar-refractivity contribution in [1.82, 2.24) is 0 Å². The predicted octanol–water partition coefficient (Wildman–Crippen LogP) is 5.12. The van der Waals surface area contributed by atoms with Gasteiger partial charge in [-0.05, 0) is 70.2 Å². The summed E-state index contributed by atoms with van der Waals surface area (Å²) in [4.78, 5) is 10.0. The second-order valence-electron chi connectivity index (χ2n) is 6.12. The van der Waals surface area contributed by atoms with Crippen LogP contribution in [-0.2, 0) is 44.2 Å². The molecule has 0 aromatic heterocycles. The zero-order valence-electron chi connectivity index (χ0n) is 19.4. The summed E-state index contributed by atoms with van der Waals surface area (Å²) in [6, 6.07) is 17.4. The fourth-order valence-corrected chi connectivity index (χ4v) is 3.55. The summed E-state index contributed by atoms with van der Waals surface area (Å²) in [6.07, 6.45) is 6.49. The van der Waals surface area contributed by atoms with Crippen LogP contribution in [-0.4, -0.2) is 4.89 Å². The van der Waals surface area contributed by atoms with Gasteiger partial charge >= 0.3 is 45.2 Å². The molecule has 6 nitrogen and oxygen atoms in total. The van der Waals surface area contributed by atoms with Gasteiger partial charge in [-0.3, -0.25) is 4.57 Å². The SMILES string of the molecule is O=P(O)(c1ccccc1)c1ccccc1.[C-]#[O+].[C-]#[O+].[C-]#[O+].[C-]#[O+].[CH2][CH][C](C)CCC=C(C)C.[Mo]. The molecule has 0 amide bonds. The van der Waals surface area contributed by atoms with Gasteiger partial charge in [0.1, 0.15) is 0 Å². The Balaban J connectivity index is -0.000000130. The summed E-state index contributed by atoms with van der Waals surface area (Å²) in [5, 5.41) is 0.937. The number of rotatable bonds is 6. The van der Waals surface area contributed by atoms with E-state index in [9.17, 15) is 9.46 Å². The van der Waals surface area contributed by atoms with Crippen LogP contribution in [0.1, 0.15) is 33.6 Å². The van der Waals surface area contributed by atoms with Crippen molar-refractivity contribution < 1.29 is 49.1 Å². The van der Waals surface area contributed by atoms with E-state index in [0.29, 0.717) is 10.6 Å².